The van der Waals surface area contributed by atoms with Gasteiger partial charge < -0.3 is 4.74 Å². The van der Waals surface area contributed by atoms with Crippen molar-refractivity contribution in [3.63, 3.8) is 0 Å². The van der Waals surface area contributed by atoms with E-state index in [-0.39, 0.29) is 5.75 Å². The van der Waals surface area contributed by atoms with E-state index in [0.717, 1.165) is 0 Å². The zero-order chi connectivity index (χ0) is 10.6. The number of aryl methyl sites for hydroxylation is 1. The summed E-state index contributed by atoms with van der Waals surface area (Å²) in [5, 5.41) is 0.602. The molecule has 0 spiro atoms. The lowest BCUT2D eigenvalue weighted by Gasteiger charge is -2.12. The summed E-state index contributed by atoms with van der Waals surface area (Å²) in [6.07, 6.45) is -4.12. The van der Waals surface area contributed by atoms with Crippen molar-refractivity contribution >= 4 is 15.9 Å². The van der Waals surface area contributed by atoms with Crippen LogP contribution in [-0.2, 0) is 6.42 Å². The van der Waals surface area contributed by atoms with Crippen LogP contribution in [0, 0.1) is 0 Å². The maximum absolute atomic E-state index is 11.9. The van der Waals surface area contributed by atoms with Crippen LogP contribution in [0.2, 0.25) is 0 Å². The fourth-order valence-corrected chi connectivity index (χ4v) is 1.46. The van der Waals surface area contributed by atoms with E-state index in [2.05, 4.69) is 20.7 Å². The zero-order valence-corrected chi connectivity index (χ0v) is 8.73. The fraction of sp³-hybridized carbons (Fsp3) is 0.333. The minimum Gasteiger partial charge on any atom is -0.406 e. The average Bonchev–Trinajstić information content (AvgIpc) is 2.06. The number of para-hydroxylation sites is 1. The quantitative estimate of drug-likeness (QED) is 0.763. The van der Waals surface area contributed by atoms with Crippen molar-refractivity contribution in [1.82, 2.24) is 0 Å². The number of benzene rings is 1. The topological polar surface area (TPSA) is 9.23 Å². The predicted octanol–water partition coefficient (Wildman–Crippen LogP) is 3.52. The minimum atomic E-state index is -4.62. The number of alkyl halides is 4. The normalized spacial score (nSPS) is 11.4. The van der Waals surface area contributed by atoms with E-state index in [1.54, 1.807) is 12.1 Å². The average molecular weight is 269 g/mol. The largest absolute Gasteiger partial charge is 0.573 e. The smallest absolute Gasteiger partial charge is 0.406 e. The first-order chi connectivity index (χ1) is 6.53. The van der Waals surface area contributed by atoms with E-state index in [1.165, 1.54) is 12.1 Å². The molecule has 1 nitrogen and oxygen atoms in total. The third-order valence-corrected chi connectivity index (χ3v) is 1.96. The molecule has 1 aromatic rings. The van der Waals surface area contributed by atoms with Gasteiger partial charge in [-0.3, -0.25) is 0 Å². The van der Waals surface area contributed by atoms with E-state index >= 15 is 0 Å². The third-order valence-electron chi connectivity index (χ3n) is 1.56. The summed E-state index contributed by atoms with van der Waals surface area (Å²) in [4.78, 5) is 0. The van der Waals surface area contributed by atoms with Crippen LogP contribution in [0.1, 0.15) is 5.56 Å². The van der Waals surface area contributed by atoms with Gasteiger partial charge in [0.1, 0.15) is 5.75 Å². The van der Waals surface area contributed by atoms with Crippen LogP contribution in [0.15, 0.2) is 24.3 Å². The Bertz CT molecular complexity index is 298. The van der Waals surface area contributed by atoms with Crippen LogP contribution >= 0.6 is 15.9 Å². The Balaban J connectivity index is 2.84. The molecular formula is C9H8BrF3O. The molecule has 1 aromatic carbocycles. The Labute approximate surface area is 88.0 Å². The molecule has 14 heavy (non-hydrogen) atoms. The van der Waals surface area contributed by atoms with Crippen molar-refractivity contribution in [2.75, 3.05) is 5.33 Å². The highest BCUT2D eigenvalue weighted by Crippen LogP contribution is 2.26. The van der Waals surface area contributed by atoms with E-state index in [0.29, 0.717) is 17.3 Å². The van der Waals surface area contributed by atoms with Gasteiger partial charge in [0.15, 0.2) is 0 Å². The predicted molar refractivity (Wildman–Crippen MR) is 50.6 cm³/mol. The molecule has 0 aliphatic heterocycles. The molecule has 0 saturated carbocycles. The molecule has 5 heteroatoms. The Hall–Kier alpha value is -0.710. The van der Waals surface area contributed by atoms with Crippen LogP contribution in [-0.4, -0.2) is 11.7 Å². The Morgan fingerprint density at radius 3 is 2.43 bits per heavy atom. The molecule has 0 bridgehead atoms. The van der Waals surface area contributed by atoms with Gasteiger partial charge >= 0.3 is 6.36 Å². The first-order valence-electron chi connectivity index (χ1n) is 3.92. The number of ether oxygens (including phenoxy) is 1. The number of hydrogen-bond acceptors (Lipinski definition) is 1. The summed E-state index contributed by atoms with van der Waals surface area (Å²) >= 11 is 3.16. The number of halogens is 4. The monoisotopic (exact) mass is 268 g/mol. The molecule has 0 atom stereocenters. The zero-order valence-electron chi connectivity index (χ0n) is 7.14. The van der Waals surface area contributed by atoms with Gasteiger partial charge in [-0.15, -0.1) is 13.2 Å². The van der Waals surface area contributed by atoms with Crippen molar-refractivity contribution in [2.24, 2.45) is 0 Å². The number of rotatable bonds is 3. The molecule has 0 radical (unpaired) electrons. The maximum Gasteiger partial charge on any atom is 0.573 e. The maximum atomic E-state index is 11.9. The summed E-state index contributed by atoms with van der Waals surface area (Å²) in [5.74, 6) is -0.126. The molecule has 0 unspecified atom stereocenters. The van der Waals surface area contributed by atoms with E-state index in [4.69, 9.17) is 0 Å². The lowest BCUT2D eigenvalue weighted by atomic mass is 10.1. The molecule has 0 aliphatic carbocycles. The standard InChI is InChI=1S/C9H8BrF3O/c10-6-5-7-3-1-2-4-8(7)14-9(11,12)13/h1-4H,5-6H2. The molecule has 0 aliphatic rings. The van der Waals surface area contributed by atoms with Gasteiger partial charge in [-0.2, -0.15) is 0 Å². The molecule has 0 aromatic heterocycles. The SMILES string of the molecule is FC(F)(F)Oc1ccccc1CCBr. The van der Waals surface area contributed by atoms with E-state index < -0.39 is 6.36 Å². The second-order valence-corrected chi connectivity index (χ2v) is 3.39. The Morgan fingerprint density at radius 2 is 1.86 bits per heavy atom. The van der Waals surface area contributed by atoms with Crippen LogP contribution in [0.5, 0.6) is 5.75 Å². The fourth-order valence-electron chi connectivity index (χ4n) is 1.04. The first kappa shape index (κ1) is 11.4. The van der Waals surface area contributed by atoms with Crippen molar-refractivity contribution < 1.29 is 17.9 Å². The summed E-state index contributed by atoms with van der Waals surface area (Å²) in [5.41, 5.74) is 0.543. The molecule has 0 amide bonds. The molecule has 0 fully saturated rings. The van der Waals surface area contributed by atoms with Crippen LogP contribution < -0.4 is 4.74 Å². The van der Waals surface area contributed by atoms with Gasteiger partial charge in [0.25, 0.3) is 0 Å². The van der Waals surface area contributed by atoms with Crippen molar-refractivity contribution in [1.29, 1.82) is 0 Å². The summed E-state index contributed by atoms with van der Waals surface area (Å²) in [6, 6.07) is 6.12. The summed E-state index contributed by atoms with van der Waals surface area (Å²) in [7, 11) is 0. The number of hydrogen-bond donors (Lipinski definition) is 0. The van der Waals surface area contributed by atoms with Gasteiger partial charge in [-0.05, 0) is 18.1 Å². The van der Waals surface area contributed by atoms with Crippen molar-refractivity contribution in [3.05, 3.63) is 29.8 Å². The highest BCUT2D eigenvalue weighted by atomic mass is 79.9. The van der Waals surface area contributed by atoms with E-state index in [1.807, 2.05) is 0 Å². The summed E-state index contributed by atoms with van der Waals surface area (Å²) in [6.45, 7) is 0. The molecular weight excluding hydrogens is 261 g/mol. The highest BCUT2D eigenvalue weighted by molar-refractivity contribution is 9.09. The van der Waals surface area contributed by atoms with Gasteiger partial charge in [0.2, 0.25) is 0 Å². The Morgan fingerprint density at radius 1 is 1.21 bits per heavy atom. The third kappa shape index (κ3) is 3.57. The minimum absolute atomic E-state index is 0.126. The summed E-state index contributed by atoms with van der Waals surface area (Å²) < 4.78 is 39.6. The van der Waals surface area contributed by atoms with Gasteiger partial charge in [0, 0.05) is 5.33 Å². The van der Waals surface area contributed by atoms with Crippen LogP contribution in [0.4, 0.5) is 13.2 Å². The molecule has 78 valence electrons. The van der Waals surface area contributed by atoms with Crippen molar-refractivity contribution in [2.45, 2.75) is 12.8 Å². The lowest BCUT2D eigenvalue weighted by molar-refractivity contribution is -0.274. The second kappa shape index (κ2) is 4.68. The van der Waals surface area contributed by atoms with Crippen molar-refractivity contribution in [3.8, 4) is 5.75 Å². The van der Waals surface area contributed by atoms with Crippen LogP contribution in [0.3, 0.4) is 0 Å². The van der Waals surface area contributed by atoms with Gasteiger partial charge in [0.05, 0.1) is 0 Å². The van der Waals surface area contributed by atoms with Gasteiger partial charge in [-0.1, -0.05) is 34.1 Å². The molecule has 0 saturated heterocycles. The van der Waals surface area contributed by atoms with Crippen LogP contribution in [0.25, 0.3) is 0 Å². The molecule has 0 heterocycles. The molecule has 0 N–H and O–H groups in total. The van der Waals surface area contributed by atoms with E-state index in [9.17, 15) is 13.2 Å². The lowest BCUT2D eigenvalue weighted by Crippen LogP contribution is -2.18. The molecule has 1 rings (SSSR count). The second-order valence-electron chi connectivity index (χ2n) is 2.59. The van der Waals surface area contributed by atoms with Gasteiger partial charge in [-0.25, -0.2) is 0 Å². The Kier molecular flexibility index (Phi) is 3.80. The first-order valence-corrected chi connectivity index (χ1v) is 5.04. The highest BCUT2D eigenvalue weighted by Gasteiger charge is 2.31.